The van der Waals surface area contributed by atoms with Crippen LogP contribution in [0.25, 0.3) is 0 Å². The molecule has 1 rings (SSSR count). The fraction of sp³-hybridized carbons (Fsp3) is 0.417. The van der Waals surface area contributed by atoms with Crippen molar-refractivity contribution in [3.8, 4) is 0 Å². The summed E-state index contributed by atoms with van der Waals surface area (Å²) in [5, 5.41) is 11.5. The van der Waals surface area contributed by atoms with E-state index in [2.05, 4.69) is 10.3 Å². The van der Waals surface area contributed by atoms with Gasteiger partial charge in [0.05, 0.1) is 5.56 Å². The number of carboxylic acid groups (broad SMARTS) is 1. The number of carboxylic acids is 1. The van der Waals surface area contributed by atoms with E-state index in [1.807, 2.05) is 20.8 Å². The second-order valence-corrected chi connectivity index (χ2v) is 4.06. The maximum absolute atomic E-state index is 11.9. The van der Waals surface area contributed by atoms with Crippen molar-refractivity contribution >= 4 is 17.8 Å². The quantitative estimate of drug-likeness (QED) is 0.853. The van der Waals surface area contributed by atoms with Crippen molar-refractivity contribution in [1.29, 1.82) is 0 Å². The summed E-state index contributed by atoms with van der Waals surface area (Å²) in [5.41, 5.74) is 0.0964. The number of nitrogens with one attached hydrogen (secondary N) is 1. The first kappa shape index (κ1) is 14.0. The number of nitrogens with zero attached hydrogens (tertiary/aromatic N) is 2. The number of hydrogen-bond acceptors (Lipinski definition) is 3. The van der Waals surface area contributed by atoms with Crippen LogP contribution in [0.5, 0.6) is 0 Å². The van der Waals surface area contributed by atoms with E-state index in [1.54, 1.807) is 0 Å². The minimum atomic E-state index is -1.04. The summed E-state index contributed by atoms with van der Waals surface area (Å²) in [6.07, 6.45) is 1.24. The first-order valence-electron chi connectivity index (χ1n) is 5.73. The van der Waals surface area contributed by atoms with E-state index >= 15 is 0 Å². The molecule has 0 aliphatic carbocycles. The molecule has 0 aromatic carbocycles. The van der Waals surface area contributed by atoms with Crippen LogP contribution in [-0.2, 0) is 0 Å². The number of carbonyl (C=O) groups is 2. The molecule has 18 heavy (non-hydrogen) atoms. The van der Waals surface area contributed by atoms with E-state index in [9.17, 15) is 9.59 Å². The van der Waals surface area contributed by atoms with Crippen LogP contribution in [0.15, 0.2) is 18.3 Å². The lowest BCUT2D eigenvalue weighted by molar-refractivity contribution is 0.0696. The van der Waals surface area contributed by atoms with Gasteiger partial charge < -0.3 is 10.4 Å². The lowest BCUT2D eigenvalue weighted by atomic mass is 10.3. The van der Waals surface area contributed by atoms with Crippen molar-refractivity contribution < 1.29 is 14.7 Å². The average molecular weight is 251 g/mol. The summed E-state index contributed by atoms with van der Waals surface area (Å²) in [5.74, 6) is -0.607. The zero-order valence-electron chi connectivity index (χ0n) is 10.7. The van der Waals surface area contributed by atoms with Crippen molar-refractivity contribution in [3.05, 3.63) is 23.9 Å². The highest BCUT2D eigenvalue weighted by atomic mass is 16.4. The molecule has 0 spiro atoms. The second-order valence-electron chi connectivity index (χ2n) is 4.06. The predicted molar refractivity (Wildman–Crippen MR) is 67.9 cm³/mol. The van der Waals surface area contributed by atoms with E-state index in [0.717, 1.165) is 0 Å². The number of anilines is 1. The second kappa shape index (κ2) is 6.00. The summed E-state index contributed by atoms with van der Waals surface area (Å²) >= 11 is 0. The van der Waals surface area contributed by atoms with Crippen LogP contribution in [0, 0.1) is 0 Å². The van der Waals surface area contributed by atoms with Gasteiger partial charge in [-0.2, -0.15) is 0 Å². The summed E-state index contributed by atoms with van der Waals surface area (Å²) < 4.78 is 0. The van der Waals surface area contributed by atoms with E-state index in [0.29, 0.717) is 12.4 Å². The highest BCUT2D eigenvalue weighted by Crippen LogP contribution is 2.11. The normalized spacial score (nSPS) is 10.2. The molecule has 1 aromatic rings. The fourth-order valence-electron chi connectivity index (χ4n) is 1.41. The molecule has 2 N–H and O–H groups in total. The van der Waals surface area contributed by atoms with Gasteiger partial charge in [0.1, 0.15) is 5.82 Å². The Hall–Kier alpha value is -2.11. The lowest BCUT2D eigenvalue weighted by Crippen LogP contribution is -2.43. The molecule has 1 heterocycles. The molecule has 0 saturated heterocycles. The van der Waals surface area contributed by atoms with Crippen LogP contribution in [0.1, 0.15) is 31.1 Å². The Kier molecular flexibility index (Phi) is 4.65. The highest BCUT2D eigenvalue weighted by Gasteiger charge is 2.16. The predicted octanol–water partition coefficient (Wildman–Crippen LogP) is 1.72. The van der Waals surface area contributed by atoms with Gasteiger partial charge in [-0.25, -0.2) is 14.6 Å². The number of amides is 2. The first-order chi connectivity index (χ1) is 8.45. The molecule has 0 aliphatic rings. The molecule has 0 bridgehead atoms. The minimum absolute atomic E-state index is 0.0323. The smallest absolute Gasteiger partial charge is 0.337 e. The van der Waals surface area contributed by atoms with Gasteiger partial charge in [-0.3, -0.25) is 4.90 Å². The molecular weight excluding hydrogens is 234 g/mol. The Morgan fingerprint density at radius 3 is 2.50 bits per heavy atom. The van der Waals surface area contributed by atoms with Crippen molar-refractivity contribution in [2.24, 2.45) is 0 Å². The van der Waals surface area contributed by atoms with Gasteiger partial charge in [0.2, 0.25) is 0 Å². The molecule has 2 amide bonds. The maximum atomic E-state index is 11.9. The molecule has 0 fully saturated rings. The largest absolute Gasteiger partial charge is 0.478 e. The SMILES string of the molecule is CCN(C(=O)NC(C)C)c1ccc(C(=O)O)cn1. The lowest BCUT2D eigenvalue weighted by Gasteiger charge is -2.21. The molecule has 1 aromatic heterocycles. The number of rotatable bonds is 4. The molecule has 0 unspecified atom stereocenters. The Bertz CT molecular complexity index is 429. The summed E-state index contributed by atoms with van der Waals surface area (Å²) in [4.78, 5) is 28.0. The minimum Gasteiger partial charge on any atom is -0.478 e. The zero-order chi connectivity index (χ0) is 13.7. The molecule has 6 nitrogen and oxygen atoms in total. The van der Waals surface area contributed by atoms with Crippen LogP contribution in [0.3, 0.4) is 0 Å². The first-order valence-corrected chi connectivity index (χ1v) is 5.73. The van der Waals surface area contributed by atoms with E-state index in [4.69, 9.17) is 5.11 Å². The van der Waals surface area contributed by atoms with Crippen molar-refractivity contribution in [2.45, 2.75) is 26.8 Å². The zero-order valence-corrected chi connectivity index (χ0v) is 10.7. The van der Waals surface area contributed by atoms with Crippen LogP contribution in [0.2, 0.25) is 0 Å². The molecule has 0 atom stereocenters. The third-order valence-corrected chi connectivity index (χ3v) is 2.24. The fourth-order valence-corrected chi connectivity index (χ4v) is 1.41. The van der Waals surface area contributed by atoms with Crippen LogP contribution < -0.4 is 10.2 Å². The van der Waals surface area contributed by atoms with Gasteiger partial charge >= 0.3 is 12.0 Å². The third kappa shape index (κ3) is 3.44. The van der Waals surface area contributed by atoms with Crippen molar-refractivity contribution in [3.63, 3.8) is 0 Å². The van der Waals surface area contributed by atoms with Gasteiger partial charge in [0.15, 0.2) is 0 Å². The Morgan fingerprint density at radius 2 is 2.11 bits per heavy atom. The Labute approximate surface area is 106 Å². The number of urea groups is 1. The number of carbonyl (C=O) groups excluding carboxylic acids is 1. The van der Waals surface area contributed by atoms with Gasteiger partial charge in [0.25, 0.3) is 0 Å². The molecule has 0 aliphatic heterocycles. The molecule has 0 radical (unpaired) electrons. The third-order valence-electron chi connectivity index (χ3n) is 2.24. The van der Waals surface area contributed by atoms with Crippen LogP contribution in [-0.4, -0.2) is 34.7 Å². The van der Waals surface area contributed by atoms with Gasteiger partial charge in [0, 0.05) is 18.8 Å². The Morgan fingerprint density at radius 1 is 1.44 bits per heavy atom. The highest BCUT2D eigenvalue weighted by molar-refractivity contribution is 5.92. The van der Waals surface area contributed by atoms with Crippen molar-refractivity contribution in [1.82, 2.24) is 10.3 Å². The van der Waals surface area contributed by atoms with Crippen molar-refractivity contribution in [2.75, 3.05) is 11.4 Å². The van der Waals surface area contributed by atoms with Gasteiger partial charge in [-0.15, -0.1) is 0 Å². The van der Waals surface area contributed by atoms with E-state index < -0.39 is 5.97 Å². The number of aromatic nitrogens is 1. The average Bonchev–Trinajstić information content (AvgIpc) is 2.29. The standard InChI is InChI=1S/C12H17N3O3/c1-4-15(12(18)14-8(2)3)10-6-5-9(7-13-10)11(16)17/h5-8H,4H2,1-3H3,(H,14,18)(H,16,17). The topological polar surface area (TPSA) is 82.5 Å². The Balaban J connectivity index is 2.88. The molecule has 98 valence electrons. The number of hydrogen-bond donors (Lipinski definition) is 2. The van der Waals surface area contributed by atoms with Crippen LogP contribution in [0.4, 0.5) is 10.6 Å². The number of aromatic carboxylic acids is 1. The maximum Gasteiger partial charge on any atom is 0.337 e. The summed E-state index contributed by atoms with van der Waals surface area (Å²) in [7, 11) is 0. The van der Waals surface area contributed by atoms with E-state index in [-0.39, 0.29) is 17.6 Å². The van der Waals surface area contributed by atoms with Gasteiger partial charge in [-0.05, 0) is 32.9 Å². The summed E-state index contributed by atoms with van der Waals surface area (Å²) in [6, 6.07) is 2.73. The molecular formula is C12H17N3O3. The van der Waals surface area contributed by atoms with Gasteiger partial charge in [-0.1, -0.05) is 0 Å². The van der Waals surface area contributed by atoms with Crippen LogP contribution >= 0.6 is 0 Å². The van der Waals surface area contributed by atoms with E-state index in [1.165, 1.54) is 23.2 Å². The summed E-state index contributed by atoms with van der Waals surface area (Å²) in [6.45, 7) is 6.02. The molecule has 0 saturated carbocycles. The molecule has 6 heteroatoms. The monoisotopic (exact) mass is 251 g/mol. The number of pyridine rings is 1.